The van der Waals surface area contributed by atoms with E-state index in [4.69, 9.17) is 36.8 Å². The molecule has 62 heavy (non-hydrogen) atoms. The summed E-state index contributed by atoms with van der Waals surface area (Å²) in [5.41, 5.74) is -1.40. The Hall–Kier alpha value is -5.15. The lowest BCUT2D eigenvalue weighted by Crippen LogP contribution is -2.45. The van der Waals surface area contributed by atoms with Crippen molar-refractivity contribution in [1.29, 1.82) is 5.26 Å². The molecular formula is C36H39N11O13P2. The minimum absolute atomic E-state index is 0.000509. The number of benzene rings is 1. The lowest BCUT2D eigenvalue weighted by atomic mass is 10.0. The van der Waals surface area contributed by atoms with Crippen LogP contribution in [0, 0.1) is 23.2 Å². The normalized spacial score (nSPS) is 31.0. The summed E-state index contributed by atoms with van der Waals surface area (Å²) in [6.07, 6.45) is -2.50. The fourth-order valence-electron chi connectivity index (χ4n) is 7.53. The highest BCUT2D eigenvalue weighted by Gasteiger charge is 2.65. The summed E-state index contributed by atoms with van der Waals surface area (Å²) in [6.45, 7) is 3.76. The molecule has 4 aliphatic rings. The van der Waals surface area contributed by atoms with Crippen LogP contribution >= 0.6 is 16.4 Å². The number of rotatable bonds is 9. The van der Waals surface area contributed by atoms with Crippen LogP contribution in [-0.4, -0.2) is 112 Å². The Kier molecular flexibility index (Phi) is 11.5. The highest BCUT2D eigenvalue weighted by molar-refractivity contribution is 7.48. The van der Waals surface area contributed by atoms with Gasteiger partial charge in [0.2, 0.25) is 11.9 Å². The van der Waals surface area contributed by atoms with E-state index in [9.17, 15) is 29.1 Å². The van der Waals surface area contributed by atoms with Crippen LogP contribution in [0.5, 0.6) is 0 Å². The van der Waals surface area contributed by atoms with Crippen LogP contribution in [0.2, 0.25) is 0 Å². The second-order valence-electron chi connectivity index (χ2n) is 15.1. The zero-order valence-corrected chi connectivity index (χ0v) is 34.9. The Morgan fingerprint density at radius 3 is 2.63 bits per heavy atom. The molecule has 326 valence electrons. The van der Waals surface area contributed by atoms with E-state index < -0.39 is 94.7 Å². The van der Waals surface area contributed by atoms with Gasteiger partial charge in [-0.05, 0) is 12.1 Å². The summed E-state index contributed by atoms with van der Waals surface area (Å²) in [4.78, 5) is 74.1. The number of hydrogen-bond donors (Lipinski definition) is 4. The maximum Gasteiger partial charge on any atom is 0.475 e. The molecule has 4 aromatic heterocycles. The number of imidazole rings is 2. The highest BCUT2D eigenvalue weighted by Crippen LogP contribution is 2.59. The molecule has 9 rings (SSSR count). The second-order valence-corrected chi connectivity index (χ2v) is 17.7. The van der Waals surface area contributed by atoms with Crippen LogP contribution in [0.4, 0.5) is 11.8 Å². The Morgan fingerprint density at radius 2 is 1.85 bits per heavy atom. The number of aromatic amines is 1. The lowest BCUT2D eigenvalue weighted by Gasteiger charge is -2.33. The van der Waals surface area contributed by atoms with E-state index in [1.807, 2.05) is 6.07 Å². The average molecular weight is 896 g/mol. The van der Waals surface area contributed by atoms with Gasteiger partial charge < -0.3 is 33.5 Å². The molecule has 10 atom stereocenters. The number of amides is 2. The van der Waals surface area contributed by atoms with Crippen molar-refractivity contribution in [2.24, 2.45) is 11.8 Å². The van der Waals surface area contributed by atoms with Crippen LogP contribution in [0.25, 0.3) is 22.3 Å². The number of nitrogens with zero attached hydrogens (tertiary/aromatic N) is 8. The van der Waals surface area contributed by atoms with E-state index in [0.717, 1.165) is 0 Å². The summed E-state index contributed by atoms with van der Waals surface area (Å²) in [5, 5.41) is 14.7. The summed E-state index contributed by atoms with van der Waals surface area (Å²) in [7, 11) is -7.35. The highest BCUT2D eigenvalue weighted by atomic mass is 31.2. The van der Waals surface area contributed by atoms with Gasteiger partial charge in [0.15, 0.2) is 40.6 Å². The molecule has 0 aliphatic carbocycles. The van der Waals surface area contributed by atoms with E-state index in [0.29, 0.717) is 5.56 Å². The van der Waals surface area contributed by atoms with Gasteiger partial charge in [-0.3, -0.25) is 47.4 Å². The third-order valence-corrected chi connectivity index (χ3v) is 13.0. The van der Waals surface area contributed by atoms with Crippen LogP contribution < -0.4 is 16.2 Å². The first-order valence-electron chi connectivity index (χ1n) is 19.4. The molecule has 2 amide bonds. The molecule has 4 bridgehead atoms. The summed E-state index contributed by atoms with van der Waals surface area (Å²) in [5.74, 6) is -1.89. The van der Waals surface area contributed by atoms with Gasteiger partial charge in [-0.15, -0.1) is 0 Å². The first kappa shape index (κ1) is 42.2. The van der Waals surface area contributed by atoms with Crippen molar-refractivity contribution >= 4 is 62.3 Å². The molecule has 8 heterocycles. The van der Waals surface area contributed by atoms with Crippen LogP contribution in [0.3, 0.4) is 0 Å². The number of carbonyl (C=O) groups excluding carboxylic acids is 2. The van der Waals surface area contributed by atoms with Gasteiger partial charge in [0, 0.05) is 17.4 Å². The second kappa shape index (κ2) is 16.9. The SMILES string of the molecule is CC(C)C(=O)Nc1nc2c(ncn2C2OC3COP(O)OC4C5OCC4(COP(=O)(OCCC#N)OC2C3C)OC5n2cnc3c(NC(=O)c4ccccc4)ncnc32)c(=O)[nH]1. The minimum atomic E-state index is -4.69. The molecular weight excluding hydrogens is 856 g/mol. The summed E-state index contributed by atoms with van der Waals surface area (Å²) < 4.78 is 67.1. The Morgan fingerprint density at radius 1 is 1.08 bits per heavy atom. The monoisotopic (exact) mass is 895 g/mol. The predicted octanol–water partition coefficient (Wildman–Crippen LogP) is 3.08. The topological polar surface area (TPSA) is 300 Å². The van der Waals surface area contributed by atoms with Crippen molar-refractivity contribution in [3.8, 4) is 6.07 Å². The number of phosphoric ester groups is 1. The molecule has 24 nitrogen and oxygen atoms in total. The van der Waals surface area contributed by atoms with E-state index in [2.05, 4.69) is 40.5 Å². The summed E-state index contributed by atoms with van der Waals surface area (Å²) >= 11 is 0. The molecule has 26 heteroatoms. The van der Waals surface area contributed by atoms with Gasteiger partial charge in [0.1, 0.15) is 30.2 Å². The van der Waals surface area contributed by atoms with Crippen LogP contribution in [0.1, 0.15) is 50.0 Å². The van der Waals surface area contributed by atoms with E-state index >= 15 is 0 Å². The number of hydrogen-bond acceptors (Lipinski definition) is 19. The predicted molar refractivity (Wildman–Crippen MR) is 212 cm³/mol. The molecule has 4 saturated heterocycles. The van der Waals surface area contributed by atoms with Crippen molar-refractivity contribution in [2.45, 2.75) is 69.7 Å². The molecule has 10 unspecified atom stereocenters. The fourth-order valence-corrected chi connectivity index (χ4v) is 9.85. The van der Waals surface area contributed by atoms with Gasteiger partial charge in [-0.2, -0.15) is 10.2 Å². The van der Waals surface area contributed by atoms with Gasteiger partial charge in [0.25, 0.3) is 11.5 Å². The Balaban J connectivity index is 1.03. The maximum absolute atomic E-state index is 14.8. The van der Waals surface area contributed by atoms with Crippen molar-refractivity contribution in [1.82, 2.24) is 39.0 Å². The van der Waals surface area contributed by atoms with Crippen molar-refractivity contribution in [2.75, 3.05) is 37.1 Å². The molecule has 0 radical (unpaired) electrons. The van der Waals surface area contributed by atoms with E-state index in [1.165, 1.54) is 23.5 Å². The number of phosphoric acid groups is 1. The van der Waals surface area contributed by atoms with Gasteiger partial charge >= 0.3 is 16.4 Å². The van der Waals surface area contributed by atoms with Crippen molar-refractivity contribution < 1.29 is 55.9 Å². The molecule has 0 spiro atoms. The lowest BCUT2D eigenvalue weighted by molar-refractivity contribution is -0.184. The first-order chi connectivity index (χ1) is 29.9. The zero-order valence-electron chi connectivity index (χ0n) is 33.1. The molecule has 1 aromatic carbocycles. The molecule has 4 fully saturated rings. The number of nitriles is 1. The average Bonchev–Trinajstić information content (AvgIpc) is 4.08. The number of nitrogens with one attached hydrogen (secondary N) is 3. The van der Waals surface area contributed by atoms with Gasteiger partial charge in [0.05, 0.1) is 57.7 Å². The fraction of sp³-hybridized carbons (Fsp3) is 0.472. The van der Waals surface area contributed by atoms with E-state index in [1.54, 1.807) is 55.7 Å². The first-order valence-corrected chi connectivity index (χ1v) is 22.0. The van der Waals surface area contributed by atoms with Crippen molar-refractivity contribution in [3.63, 3.8) is 0 Å². The number of H-pyrrole nitrogens is 1. The smallest absolute Gasteiger partial charge is 0.367 e. The number of fused-ring (bicyclic) bond motifs is 4. The number of anilines is 2. The minimum Gasteiger partial charge on any atom is -0.367 e. The third kappa shape index (κ3) is 7.79. The molecule has 0 saturated carbocycles. The summed E-state index contributed by atoms with van der Waals surface area (Å²) in [6, 6.07) is 10.5. The number of carbonyl (C=O) groups is 2. The number of aromatic nitrogens is 8. The third-order valence-electron chi connectivity index (χ3n) is 10.8. The molecule has 4 N–H and O–H groups in total. The molecule has 4 aliphatic heterocycles. The van der Waals surface area contributed by atoms with Gasteiger partial charge in [-0.1, -0.05) is 39.0 Å². The molecule has 5 aromatic rings. The van der Waals surface area contributed by atoms with Gasteiger partial charge in [-0.25, -0.2) is 24.5 Å². The van der Waals surface area contributed by atoms with Crippen LogP contribution in [-0.2, 0) is 46.2 Å². The zero-order chi connectivity index (χ0) is 43.3. The number of ether oxygens (including phenoxy) is 3. The largest absolute Gasteiger partial charge is 0.475 e. The van der Waals surface area contributed by atoms with E-state index in [-0.39, 0.29) is 60.3 Å². The van der Waals surface area contributed by atoms with Crippen molar-refractivity contribution in [3.05, 3.63) is 65.2 Å². The van der Waals surface area contributed by atoms with Crippen LogP contribution in [0.15, 0.2) is 54.1 Å². The Labute approximate surface area is 351 Å². The standard InChI is InChI=1S/C36H39N11O13P2/c1-18(2)30(48)44-35-43-29-23(32(50)45-35)41-17-47(29)33-24-19(3)21(57-33)12-54-61(51)59-26-25-34(58-36(26,13-53-25)14-56-62(52,60-24)55-11-7-10-37)46-16-40-22-27(38-15-39-28(22)46)42-31(49)20-8-5-4-6-9-20/h4-6,8-9,15-19,21,24-26,33-34,51H,7,11-14H2,1-3H3,(H,38,39,42,49)(H2,43,44,45,48,50). The quantitative estimate of drug-likeness (QED) is 0.122. The maximum atomic E-state index is 14.8. The Bertz CT molecular complexity index is 2660.